The fraction of sp³-hybridized carbons (Fsp3) is 0.714. The van der Waals surface area contributed by atoms with Crippen molar-refractivity contribution in [3.8, 4) is 0 Å². The first-order valence-electron chi connectivity index (χ1n) is 3.82. The number of hydrogen-bond donors (Lipinski definition) is 0. The molecule has 11 heavy (non-hydrogen) atoms. The van der Waals surface area contributed by atoms with Crippen molar-refractivity contribution in [2.75, 3.05) is 0 Å². The second-order valence-corrected chi connectivity index (χ2v) is 19.6. The molecule has 2 aliphatic rings. The predicted molar refractivity (Wildman–Crippen MR) is 52.4 cm³/mol. The Labute approximate surface area is 81.8 Å². The summed E-state index contributed by atoms with van der Waals surface area (Å²) in [5, 5.41) is 0. The first-order chi connectivity index (χ1) is 5.07. The maximum atomic E-state index is 6.02. The van der Waals surface area contributed by atoms with Crippen LogP contribution in [0.3, 0.4) is 0 Å². The molecule has 0 aromatic carbocycles. The molecule has 3 atom stereocenters. The van der Waals surface area contributed by atoms with Crippen molar-refractivity contribution in [3.05, 3.63) is 12.2 Å². The van der Waals surface area contributed by atoms with Gasteiger partial charge in [-0.2, -0.15) is 0 Å². The zero-order chi connectivity index (χ0) is 8.06. The third-order valence-electron chi connectivity index (χ3n) is 2.70. The fourth-order valence-electron chi connectivity index (χ4n) is 2.16. The van der Waals surface area contributed by atoms with E-state index in [2.05, 4.69) is 12.2 Å². The van der Waals surface area contributed by atoms with Gasteiger partial charge in [-0.25, -0.2) is 0 Å². The molecule has 1 saturated carbocycles. The van der Waals surface area contributed by atoms with Crippen LogP contribution in [0.25, 0.3) is 0 Å². The van der Waals surface area contributed by atoms with Crippen LogP contribution >= 0.6 is 30.0 Å². The van der Waals surface area contributed by atoms with E-state index in [4.69, 9.17) is 30.0 Å². The van der Waals surface area contributed by atoms with E-state index in [1.807, 2.05) is 0 Å². The third kappa shape index (κ3) is 1.60. The summed E-state index contributed by atoms with van der Waals surface area (Å²) in [5.41, 5.74) is 0. The number of hydrogen-bond acceptors (Lipinski definition) is 0. The normalized spacial score (nSPS) is 41.9. The zero-order valence-electron chi connectivity index (χ0n) is 5.93. The quantitative estimate of drug-likeness (QED) is 0.505. The third-order valence-corrected chi connectivity index (χ3v) is 10.2. The van der Waals surface area contributed by atoms with E-state index in [9.17, 15) is 0 Å². The molecule has 0 radical (unpaired) electrons. The van der Waals surface area contributed by atoms with Gasteiger partial charge in [-0.05, 0) is 0 Å². The van der Waals surface area contributed by atoms with Gasteiger partial charge < -0.3 is 0 Å². The van der Waals surface area contributed by atoms with Crippen LogP contribution in [0.2, 0.25) is 4.75 Å². The number of halogens is 3. The molecule has 0 aromatic rings. The maximum absolute atomic E-state index is 6.02. The van der Waals surface area contributed by atoms with Crippen LogP contribution in [0.5, 0.6) is 0 Å². The van der Waals surface area contributed by atoms with E-state index in [0.29, 0.717) is 10.7 Å². The van der Waals surface area contributed by atoms with Crippen molar-refractivity contribution in [3.63, 3.8) is 0 Å². The standard InChI is InChI=1S/C7H9Cl3Ge/c8-11(9,10)7-4-5-1-2-6(7)3-5/h1-2,5-7H,3-4H2/t5-,6+,7-/m0/s1. The fourth-order valence-corrected chi connectivity index (χ4v) is 8.80. The minimum atomic E-state index is -2.89. The van der Waals surface area contributed by atoms with Crippen molar-refractivity contribution in [1.29, 1.82) is 0 Å². The molecular weight excluding hydrogens is 263 g/mol. The van der Waals surface area contributed by atoms with E-state index in [0.717, 1.165) is 12.3 Å². The molecule has 2 aliphatic carbocycles. The van der Waals surface area contributed by atoms with Gasteiger partial charge in [-0.3, -0.25) is 0 Å². The molecule has 0 nitrogen and oxygen atoms in total. The number of allylic oxidation sites excluding steroid dienone is 2. The van der Waals surface area contributed by atoms with Crippen LogP contribution in [0.15, 0.2) is 12.2 Å². The van der Waals surface area contributed by atoms with Crippen molar-refractivity contribution in [1.82, 2.24) is 0 Å². The Kier molecular flexibility index (Phi) is 2.25. The Morgan fingerprint density at radius 3 is 2.09 bits per heavy atom. The van der Waals surface area contributed by atoms with Crippen molar-refractivity contribution < 1.29 is 0 Å². The van der Waals surface area contributed by atoms with E-state index in [-0.39, 0.29) is 0 Å². The summed E-state index contributed by atoms with van der Waals surface area (Å²) in [6.07, 6.45) is 6.90. The Morgan fingerprint density at radius 1 is 1.09 bits per heavy atom. The summed E-state index contributed by atoms with van der Waals surface area (Å²) >= 11 is 0. The average Bonchev–Trinajstić information content (AvgIpc) is 2.42. The van der Waals surface area contributed by atoms with Crippen LogP contribution in [0.1, 0.15) is 12.8 Å². The van der Waals surface area contributed by atoms with E-state index in [1.165, 1.54) is 6.42 Å². The molecule has 0 unspecified atom stereocenters. The number of rotatable bonds is 1. The molecule has 0 heterocycles. The SMILES string of the molecule is [Cl][Ge]([Cl])([Cl])[C@H]1C[C@H]2C=C[C@@H]1C2. The summed E-state index contributed by atoms with van der Waals surface area (Å²) in [6, 6.07) is 0. The molecule has 2 rings (SSSR count). The molecule has 2 bridgehead atoms. The van der Waals surface area contributed by atoms with Crippen LogP contribution in [0, 0.1) is 11.8 Å². The van der Waals surface area contributed by atoms with Gasteiger partial charge >= 0.3 is 82.1 Å². The monoisotopic (exact) mass is 272 g/mol. The molecule has 0 N–H and O–H groups in total. The van der Waals surface area contributed by atoms with Gasteiger partial charge in [-0.1, -0.05) is 0 Å². The second kappa shape index (κ2) is 2.83. The van der Waals surface area contributed by atoms with E-state index in [1.54, 1.807) is 0 Å². The van der Waals surface area contributed by atoms with Crippen LogP contribution in [-0.2, 0) is 0 Å². The summed E-state index contributed by atoms with van der Waals surface area (Å²) in [4.78, 5) is 0. The summed E-state index contributed by atoms with van der Waals surface area (Å²) in [7, 11) is 15.2. The molecule has 0 aliphatic heterocycles. The first-order valence-corrected chi connectivity index (χ1v) is 13.3. The molecule has 0 saturated heterocycles. The molecule has 0 aromatic heterocycles. The summed E-state index contributed by atoms with van der Waals surface area (Å²) < 4.78 is 0.440. The van der Waals surface area contributed by atoms with Gasteiger partial charge in [0.25, 0.3) is 0 Å². The number of fused-ring (bicyclic) bond motifs is 2. The van der Waals surface area contributed by atoms with Crippen molar-refractivity contribution >= 4 is 40.5 Å². The van der Waals surface area contributed by atoms with Crippen molar-refractivity contribution in [2.24, 2.45) is 11.8 Å². The second-order valence-electron chi connectivity index (χ2n) is 3.43. The Bertz CT molecular complexity index is 196. The van der Waals surface area contributed by atoms with Gasteiger partial charge in [0.15, 0.2) is 0 Å². The summed E-state index contributed by atoms with van der Waals surface area (Å²) in [5.74, 6) is 1.33. The van der Waals surface area contributed by atoms with Crippen LogP contribution < -0.4 is 0 Å². The van der Waals surface area contributed by atoms with Gasteiger partial charge in [0.2, 0.25) is 0 Å². The van der Waals surface area contributed by atoms with E-state index < -0.39 is 10.5 Å². The predicted octanol–water partition coefficient (Wildman–Crippen LogP) is 3.61. The molecule has 0 amide bonds. The Morgan fingerprint density at radius 2 is 1.82 bits per heavy atom. The minimum absolute atomic E-state index is 0.440. The van der Waals surface area contributed by atoms with Crippen LogP contribution in [-0.4, -0.2) is 10.5 Å². The Balaban J connectivity index is 2.15. The topological polar surface area (TPSA) is 0 Å². The molecular formula is C7H9Cl3Ge. The molecule has 4 heteroatoms. The molecule has 1 fully saturated rings. The van der Waals surface area contributed by atoms with Crippen molar-refractivity contribution in [2.45, 2.75) is 17.6 Å². The van der Waals surface area contributed by atoms with Gasteiger partial charge in [0, 0.05) is 0 Å². The average molecular weight is 272 g/mol. The van der Waals surface area contributed by atoms with Gasteiger partial charge in [-0.15, -0.1) is 0 Å². The van der Waals surface area contributed by atoms with E-state index >= 15 is 0 Å². The molecule has 62 valence electrons. The van der Waals surface area contributed by atoms with Gasteiger partial charge in [0.1, 0.15) is 0 Å². The Hall–Kier alpha value is 1.15. The zero-order valence-corrected chi connectivity index (χ0v) is 10.3. The first kappa shape index (κ1) is 8.74. The van der Waals surface area contributed by atoms with Gasteiger partial charge in [0.05, 0.1) is 0 Å². The van der Waals surface area contributed by atoms with Crippen LogP contribution in [0.4, 0.5) is 0 Å². The molecule has 0 spiro atoms. The summed E-state index contributed by atoms with van der Waals surface area (Å²) in [6.45, 7) is 0.